The Morgan fingerprint density at radius 2 is 1.73 bits per heavy atom. The Kier molecular flexibility index (Phi) is 4.03. The van der Waals surface area contributed by atoms with E-state index < -0.39 is 5.25 Å². The number of carbonyl (C=O) groups is 1. The molecule has 0 aliphatic carbocycles. The van der Waals surface area contributed by atoms with Gasteiger partial charge in [0.05, 0.1) is 0 Å². The molecule has 1 rings (SSSR count). The fraction of sp³-hybridized carbons (Fsp3) is 0.182. The van der Waals surface area contributed by atoms with Crippen LogP contribution in [0.25, 0.3) is 6.08 Å². The number of hydrogen-bond donors (Lipinski definition) is 0. The first kappa shape index (κ1) is 11.9. The second-order valence-electron chi connectivity index (χ2n) is 2.88. The molecule has 1 aromatic rings. The summed E-state index contributed by atoms with van der Waals surface area (Å²) in [4.78, 5) is 10.3. The van der Waals surface area contributed by atoms with Gasteiger partial charge in [0.25, 0.3) is 0 Å². The SMILES string of the molecule is CSC(F)(F)/C=C/c1ccc(C=O)cc1. The van der Waals surface area contributed by atoms with Gasteiger partial charge < -0.3 is 0 Å². The summed E-state index contributed by atoms with van der Waals surface area (Å²) < 4.78 is 25.6. The molecule has 0 saturated carbocycles. The lowest BCUT2D eigenvalue weighted by atomic mass is 10.1. The summed E-state index contributed by atoms with van der Waals surface area (Å²) >= 11 is 0.478. The summed E-state index contributed by atoms with van der Waals surface area (Å²) in [7, 11) is 0. The van der Waals surface area contributed by atoms with E-state index >= 15 is 0 Å². The number of thioether (sulfide) groups is 1. The van der Waals surface area contributed by atoms with Crippen LogP contribution in [0.1, 0.15) is 15.9 Å². The molecule has 1 aromatic carbocycles. The highest BCUT2D eigenvalue weighted by Gasteiger charge is 2.22. The molecule has 80 valence electrons. The molecule has 0 N–H and O–H groups in total. The molecule has 0 amide bonds. The minimum absolute atomic E-state index is 0.478. The fourth-order valence-corrected chi connectivity index (χ4v) is 1.15. The first-order chi connectivity index (χ1) is 7.07. The minimum Gasteiger partial charge on any atom is -0.298 e. The normalized spacial score (nSPS) is 11.9. The van der Waals surface area contributed by atoms with Crippen molar-refractivity contribution in [1.29, 1.82) is 0 Å². The Morgan fingerprint density at radius 1 is 1.20 bits per heavy atom. The van der Waals surface area contributed by atoms with Crippen molar-refractivity contribution in [1.82, 2.24) is 0 Å². The van der Waals surface area contributed by atoms with Crippen molar-refractivity contribution >= 4 is 24.1 Å². The van der Waals surface area contributed by atoms with Crippen molar-refractivity contribution in [3.63, 3.8) is 0 Å². The van der Waals surface area contributed by atoms with Gasteiger partial charge in [-0.25, -0.2) is 0 Å². The molecule has 15 heavy (non-hydrogen) atoms. The number of carbonyl (C=O) groups excluding carboxylic acids is 1. The Bertz CT molecular complexity index is 357. The molecule has 0 aromatic heterocycles. The van der Waals surface area contributed by atoms with E-state index in [-0.39, 0.29) is 0 Å². The highest BCUT2D eigenvalue weighted by Crippen LogP contribution is 2.28. The molecule has 0 aliphatic rings. The monoisotopic (exact) mass is 228 g/mol. The average Bonchev–Trinajstić information content (AvgIpc) is 2.27. The summed E-state index contributed by atoms with van der Waals surface area (Å²) in [6.45, 7) is 0. The van der Waals surface area contributed by atoms with E-state index in [2.05, 4.69) is 0 Å². The largest absolute Gasteiger partial charge is 0.312 e. The molecule has 0 atom stereocenters. The molecular weight excluding hydrogens is 218 g/mol. The van der Waals surface area contributed by atoms with Crippen molar-refractivity contribution in [2.75, 3.05) is 6.26 Å². The summed E-state index contributed by atoms with van der Waals surface area (Å²) in [6.07, 6.45) is 4.24. The number of aldehydes is 1. The zero-order valence-electron chi connectivity index (χ0n) is 8.11. The highest BCUT2D eigenvalue weighted by atomic mass is 32.2. The smallest absolute Gasteiger partial charge is 0.298 e. The van der Waals surface area contributed by atoms with Gasteiger partial charge >= 0.3 is 5.25 Å². The van der Waals surface area contributed by atoms with Gasteiger partial charge in [0.15, 0.2) is 0 Å². The summed E-state index contributed by atoms with van der Waals surface area (Å²) in [6, 6.07) is 6.42. The fourth-order valence-electron chi connectivity index (χ4n) is 0.947. The first-order valence-corrected chi connectivity index (χ1v) is 5.47. The Morgan fingerprint density at radius 3 is 2.20 bits per heavy atom. The number of halogens is 2. The maximum Gasteiger partial charge on any atom is 0.312 e. The van der Waals surface area contributed by atoms with Gasteiger partial charge in [0, 0.05) is 5.56 Å². The Hall–Kier alpha value is -1.16. The Labute approximate surface area is 91.2 Å². The van der Waals surface area contributed by atoms with Crippen LogP contribution in [0.3, 0.4) is 0 Å². The van der Waals surface area contributed by atoms with Crippen molar-refractivity contribution in [3.8, 4) is 0 Å². The van der Waals surface area contributed by atoms with Gasteiger partial charge in [0.2, 0.25) is 0 Å². The number of benzene rings is 1. The van der Waals surface area contributed by atoms with Gasteiger partial charge in [-0.1, -0.05) is 42.1 Å². The van der Waals surface area contributed by atoms with E-state index in [1.165, 1.54) is 12.3 Å². The maximum atomic E-state index is 12.8. The molecule has 0 aliphatic heterocycles. The molecule has 0 bridgehead atoms. The molecule has 0 saturated heterocycles. The lowest BCUT2D eigenvalue weighted by molar-refractivity contribution is 0.112. The van der Waals surface area contributed by atoms with Crippen LogP contribution < -0.4 is 0 Å². The van der Waals surface area contributed by atoms with Crippen molar-refractivity contribution in [2.24, 2.45) is 0 Å². The van der Waals surface area contributed by atoms with Gasteiger partial charge in [0.1, 0.15) is 6.29 Å². The lowest BCUT2D eigenvalue weighted by Crippen LogP contribution is -2.03. The second kappa shape index (κ2) is 5.07. The van der Waals surface area contributed by atoms with Crippen LogP contribution in [-0.4, -0.2) is 17.8 Å². The molecular formula is C11H10F2OS. The van der Waals surface area contributed by atoms with Crippen LogP contribution in [0.15, 0.2) is 30.3 Å². The van der Waals surface area contributed by atoms with E-state index in [0.717, 1.165) is 6.08 Å². The third-order valence-corrected chi connectivity index (χ3v) is 2.49. The van der Waals surface area contributed by atoms with E-state index in [1.54, 1.807) is 24.3 Å². The zero-order chi connectivity index (χ0) is 11.3. The van der Waals surface area contributed by atoms with Crippen LogP contribution in [0.5, 0.6) is 0 Å². The van der Waals surface area contributed by atoms with Crippen molar-refractivity contribution in [2.45, 2.75) is 5.25 Å². The molecule has 0 unspecified atom stereocenters. The van der Waals surface area contributed by atoms with Crippen molar-refractivity contribution < 1.29 is 13.6 Å². The van der Waals surface area contributed by atoms with Gasteiger partial charge in [-0.15, -0.1) is 0 Å². The second-order valence-corrected chi connectivity index (χ2v) is 3.84. The van der Waals surface area contributed by atoms with E-state index in [0.29, 0.717) is 29.2 Å². The standard InChI is InChI=1S/C11H10F2OS/c1-15-11(12,13)7-6-9-2-4-10(8-14)5-3-9/h2-8H,1H3/b7-6+. The first-order valence-electron chi connectivity index (χ1n) is 4.25. The predicted molar refractivity (Wildman–Crippen MR) is 59.3 cm³/mol. The summed E-state index contributed by atoms with van der Waals surface area (Å²) in [5.74, 6) is 0. The third kappa shape index (κ3) is 3.83. The van der Waals surface area contributed by atoms with Crippen LogP contribution >= 0.6 is 11.8 Å². The number of rotatable bonds is 4. The average molecular weight is 228 g/mol. The molecule has 0 radical (unpaired) electrons. The third-order valence-electron chi connectivity index (χ3n) is 1.81. The maximum absolute atomic E-state index is 12.8. The summed E-state index contributed by atoms with van der Waals surface area (Å²) in [5.41, 5.74) is 1.18. The molecule has 0 fully saturated rings. The lowest BCUT2D eigenvalue weighted by Gasteiger charge is -2.06. The molecule has 4 heteroatoms. The topological polar surface area (TPSA) is 17.1 Å². The number of alkyl halides is 2. The Balaban J connectivity index is 2.77. The van der Waals surface area contributed by atoms with Crippen LogP contribution in [0.2, 0.25) is 0 Å². The van der Waals surface area contributed by atoms with Crippen LogP contribution in [0.4, 0.5) is 8.78 Å². The summed E-state index contributed by atoms with van der Waals surface area (Å²) in [5, 5.41) is -2.84. The molecule has 0 heterocycles. The van der Waals surface area contributed by atoms with Gasteiger partial charge in [-0.05, 0) is 17.9 Å². The van der Waals surface area contributed by atoms with Crippen LogP contribution in [0, 0.1) is 0 Å². The zero-order valence-corrected chi connectivity index (χ0v) is 8.93. The quantitative estimate of drug-likeness (QED) is 0.734. The van der Waals surface area contributed by atoms with E-state index in [9.17, 15) is 13.6 Å². The predicted octanol–water partition coefficient (Wildman–Crippen LogP) is 3.47. The highest BCUT2D eigenvalue weighted by molar-refractivity contribution is 7.99. The molecule has 0 spiro atoms. The van der Waals surface area contributed by atoms with Gasteiger partial charge in [-0.2, -0.15) is 8.78 Å². The van der Waals surface area contributed by atoms with Gasteiger partial charge in [-0.3, -0.25) is 4.79 Å². The molecule has 1 nitrogen and oxygen atoms in total. The van der Waals surface area contributed by atoms with E-state index in [4.69, 9.17) is 0 Å². The van der Waals surface area contributed by atoms with Crippen molar-refractivity contribution in [3.05, 3.63) is 41.5 Å². The van der Waals surface area contributed by atoms with E-state index in [1.807, 2.05) is 0 Å². The van der Waals surface area contributed by atoms with Crippen LogP contribution in [-0.2, 0) is 0 Å². The minimum atomic E-state index is -2.84. The number of hydrogen-bond acceptors (Lipinski definition) is 2.